The zero-order chi connectivity index (χ0) is 20.9. The molecule has 0 saturated carbocycles. The number of anilines is 1. The van der Waals surface area contributed by atoms with Crippen LogP contribution in [0.4, 0.5) is 5.69 Å². The quantitative estimate of drug-likeness (QED) is 0.453. The summed E-state index contributed by atoms with van der Waals surface area (Å²) in [6.07, 6.45) is 0. The molecular formula is C23H18ClN3O3. The van der Waals surface area contributed by atoms with E-state index in [2.05, 4.69) is 15.5 Å². The molecular weight excluding hydrogens is 402 g/mol. The Morgan fingerprint density at radius 2 is 1.87 bits per heavy atom. The van der Waals surface area contributed by atoms with E-state index in [-0.39, 0.29) is 12.5 Å². The van der Waals surface area contributed by atoms with Gasteiger partial charge >= 0.3 is 0 Å². The molecule has 0 saturated heterocycles. The molecule has 7 heteroatoms. The lowest BCUT2D eigenvalue weighted by molar-refractivity contribution is -0.118. The first kappa shape index (κ1) is 19.7. The summed E-state index contributed by atoms with van der Waals surface area (Å²) in [4.78, 5) is 16.7. The second-order valence-corrected chi connectivity index (χ2v) is 7.07. The van der Waals surface area contributed by atoms with Gasteiger partial charge in [0.25, 0.3) is 11.8 Å². The molecule has 1 aromatic heterocycles. The Morgan fingerprint density at radius 3 is 2.67 bits per heavy atom. The number of benzene rings is 3. The van der Waals surface area contributed by atoms with Crippen LogP contribution < -0.4 is 10.1 Å². The van der Waals surface area contributed by atoms with Crippen molar-refractivity contribution in [1.29, 1.82) is 0 Å². The third-order valence-corrected chi connectivity index (χ3v) is 4.55. The summed E-state index contributed by atoms with van der Waals surface area (Å²) in [6, 6.07) is 22.0. The van der Waals surface area contributed by atoms with E-state index in [0.29, 0.717) is 33.7 Å². The summed E-state index contributed by atoms with van der Waals surface area (Å²) < 4.78 is 11.1. The number of amides is 1. The minimum atomic E-state index is -0.305. The van der Waals surface area contributed by atoms with Crippen LogP contribution in [0, 0.1) is 6.92 Å². The molecule has 0 bridgehead atoms. The second-order valence-electron chi connectivity index (χ2n) is 6.63. The van der Waals surface area contributed by atoms with Crippen molar-refractivity contribution in [3.8, 4) is 28.6 Å². The number of aromatic nitrogens is 2. The van der Waals surface area contributed by atoms with Gasteiger partial charge in [0.15, 0.2) is 6.61 Å². The van der Waals surface area contributed by atoms with E-state index in [1.54, 1.807) is 30.3 Å². The molecule has 30 heavy (non-hydrogen) atoms. The third-order valence-electron chi connectivity index (χ3n) is 4.32. The monoisotopic (exact) mass is 419 g/mol. The van der Waals surface area contributed by atoms with Crippen molar-refractivity contribution in [2.75, 3.05) is 11.9 Å². The normalized spacial score (nSPS) is 10.6. The lowest BCUT2D eigenvalue weighted by atomic mass is 10.1. The fourth-order valence-corrected chi connectivity index (χ4v) is 3.02. The van der Waals surface area contributed by atoms with Crippen LogP contribution in [0.15, 0.2) is 77.3 Å². The third kappa shape index (κ3) is 4.67. The van der Waals surface area contributed by atoms with Gasteiger partial charge in [0.1, 0.15) is 5.75 Å². The highest BCUT2D eigenvalue weighted by Crippen LogP contribution is 2.29. The number of nitrogens with one attached hydrogen (secondary N) is 1. The molecule has 6 nitrogen and oxygen atoms in total. The van der Waals surface area contributed by atoms with E-state index < -0.39 is 0 Å². The molecule has 3 aromatic carbocycles. The molecule has 0 unspecified atom stereocenters. The Bertz CT molecular complexity index is 1170. The average Bonchev–Trinajstić information content (AvgIpc) is 3.23. The Labute approximate surface area is 178 Å². The largest absolute Gasteiger partial charge is 0.483 e. The molecule has 150 valence electrons. The predicted molar refractivity (Wildman–Crippen MR) is 115 cm³/mol. The maximum absolute atomic E-state index is 12.2. The minimum Gasteiger partial charge on any atom is -0.483 e. The van der Waals surface area contributed by atoms with Crippen LogP contribution in [0.5, 0.6) is 5.75 Å². The van der Waals surface area contributed by atoms with Crippen molar-refractivity contribution in [2.45, 2.75) is 6.92 Å². The van der Waals surface area contributed by atoms with Crippen LogP contribution in [-0.2, 0) is 4.79 Å². The molecule has 4 aromatic rings. The number of rotatable bonds is 6. The molecule has 0 atom stereocenters. The van der Waals surface area contributed by atoms with E-state index in [4.69, 9.17) is 20.9 Å². The van der Waals surface area contributed by atoms with Gasteiger partial charge in [0, 0.05) is 16.3 Å². The van der Waals surface area contributed by atoms with Crippen LogP contribution in [0.1, 0.15) is 5.56 Å². The zero-order valence-electron chi connectivity index (χ0n) is 16.1. The molecule has 0 aliphatic carbocycles. The van der Waals surface area contributed by atoms with Gasteiger partial charge in [0.05, 0.1) is 5.56 Å². The summed E-state index contributed by atoms with van der Waals surface area (Å²) in [5.74, 6) is 0.977. The lowest BCUT2D eigenvalue weighted by Gasteiger charge is -2.10. The van der Waals surface area contributed by atoms with Crippen molar-refractivity contribution in [3.05, 3.63) is 83.4 Å². The number of ether oxygens (including phenoxy) is 1. The van der Waals surface area contributed by atoms with Gasteiger partial charge in [-0.1, -0.05) is 52.7 Å². The molecule has 1 amide bonds. The summed E-state index contributed by atoms with van der Waals surface area (Å²) in [7, 11) is 0. The first-order valence-corrected chi connectivity index (χ1v) is 9.65. The number of hydrogen-bond acceptors (Lipinski definition) is 5. The Hall–Kier alpha value is -3.64. The second kappa shape index (κ2) is 8.80. The van der Waals surface area contributed by atoms with Crippen LogP contribution in [0.2, 0.25) is 5.02 Å². The smallest absolute Gasteiger partial charge is 0.262 e. The van der Waals surface area contributed by atoms with Gasteiger partial charge < -0.3 is 14.6 Å². The van der Waals surface area contributed by atoms with Crippen molar-refractivity contribution >= 4 is 23.2 Å². The highest BCUT2D eigenvalue weighted by molar-refractivity contribution is 6.30. The number of carbonyl (C=O) groups is 1. The van der Waals surface area contributed by atoms with Gasteiger partial charge in [-0.25, -0.2) is 0 Å². The maximum atomic E-state index is 12.2. The van der Waals surface area contributed by atoms with E-state index in [0.717, 1.165) is 11.1 Å². The summed E-state index contributed by atoms with van der Waals surface area (Å²) in [5, 5.41) is 7.36. The Kier molecular flexibility index (Phi) is 5.77. The molecule has 0 aliphatic heterocycles. The molecule has 0 spiro atoms. The fourth-order valence-electron chi connectivity index (χ4n) is 2.83. The van der Waals surface area contributed by atoms with Crippen LogP contribution >= 0.6 is 11.6 Å². The molecule has 4 rings (SSSR count). The van der Waals surface area contributed by atoms with Gasteiger partial charge in [0.2, 0.25) is 5.82 Å². The predicted octanol–water partition coefficient (Wildman–Crippen LogP) is 5.38. The number of halogens is 1. The van der Waals surface area contributed by atoms with Crippen molar-refractivity contribution < 1.29 is 14.1 Å². The van der Waals surface area contributed by atoms with Gasteiger partial charge in [-0.05, 0) is 49.4 Å². The number of hydrogen-bond donors (Lipinski definition) is 1. The molecule has 0 radical (unpaired) electrons. The standard InChI is InChI=1S/C23H18ClN3O3/c1-15-9-11-16(12-10-15)23-26-22(27-30-23)19-7-2-3-8-20(19)29-14-21(28)25-18-6-4-5-17(24)13-18/h2-13H,14H2,1H3,(H,25,28). The molecule has 0 fully saturated rings. The Balaban J connectivity index is 1.48. The van der Waals surface area contributed by atoms with Crippen LogP contribution in [0.3, 0.4) is 0 Å². The fraction of sp³-hybridized carbons (Fsp3) is 0.0870. The maximum Gasteiger partial charge on any atom is 0.262 e. The van der Waals surface area contributed by atoms with Gasteiger partial charge in [-0.2, -0.15) is 4.98 Å². The highest BCUT2D eigenvalue weighted by Gasteiger charge is 2.15. The highest BCUT2D eigenvalue weighted by atomic mass is 35.5. The van der Waals surface area contributed by atoms with E-state index in [1.165, 1.54) is 0 Å². The average molecular weight is 420 g/mol. The summed E-state index contributed by atoms with van der Waals surface area (Å²) >= 11 is 5.94. The number of para-hydroxylation sites is 1. The van der Waals surface area contributed by atoms with E-state index >= 15 is 0 Å². The van der Waals surface area contributed by atoms with E-state index in [1.807, 2.05) is 49.4 Å². The first-order valence-electron chi connectivity index (χ1n) is 9.27. The summed E-state index contributed by atoms with van der Waals surface area (Å²) in [5.41, 5.74) is 3.22. The topological polar surface area (TPSA) is 77.2 Å². The van der Waals surface area contributed by atoms with Crippen LogP contribution in [0.25, 0.3) is 22.8 Å². The number of carbonyl (C=O) groups excluding carboxylic acids is 1. The first-order chi connectivity index (χ1) is 14.6. The Morgan fingerprint density at radius 1 is 1.07 bits per heavy atom. The van der Waals surface area contributed by atoms with Gasteiger partial charge in [-0.15, -0.1) is 0 Å². The molecule has 1 N–H and O–H groups in total. The van der Waals surface area contributed by atoms with Crippen molar-refractivity contribution in [1.82, 2.24) is 10.1 Å². The van der Waals surface area contributed by atoms with Crippen LogP contribution in [-0.4, -0.2) is 22.7 Å². The zero-order valence-corrected chi connectivity index (χ0v) is 16.9. The minimum absolute atomic E-state index is 0.174. The van der Waals surface area contributed by atoms with Gasteiger partial charge in [-0.3, -0.25) is 4.79 Å². The lowest BCUT2D eigenvalue weighted by Crippen LogP contribution is -2.20. The number of aryl methyl sites for hydroxylation is 1. The SMILES string of the molecule is Cc1ccc(-c2nc(-c3ccccc3OCC(=O)Nc3cccc(Cl)c3)no2)cc1. The summed E-state index contributed by atoms with van der Waals surface area (Å²) in [6.45, 7) is 1.84. The molecule has 1 heterocycles. The molecule has 0 aliphatic rings. The number of nitrogens with zero attached hydrogens (tertiary/aromatic N) is 2. The van der Waals surface area contributed by atoms with E-state index in [9.17, 15) is 4.79 Å². The van der Waals surface area contributed by atoms with Crippen molar-refractivity contribution in [3.63, 3.8) is 0 Å². The van der Waals surface area contributed by atoms with Crippen molar-refractivity contribution in [2.24, 2.45) is 0 Å².